The van der Waals surface area contributed by atoms with E-state index in [1.165, 1.54) is 24.3 Å². The number of benzene rings is 1. The lowest BCUT2D eigenvalue weighted by molar-refractivity contribution is -0.142. The Hall–Kier alpha value is -2.06. The first-order chi connectivity index (χ1) is 10.4. The van der Waals surface area contributed by atoms with Gasteiger partial charge in [0.15, 0.2) is 0 Å². The molecule has 0 saturated carbocycles. The zero-order valence-corrected chi connectivity index (χ0v) is 12.8. The molecule has 0 bridgehead atoms. The normalized spacial score (nSPS) is 11.0. The zero-order chi connectivity index (χ0) is 16.2. The molecule has 1 heterocycles. The predicted molar refractivity (Wildman–Crippen MR) is 81.8 cm³/mol. The van der Waals surface area contributed by atoms with Crippen LogP contribution in [0.15, 0.2) is 36.5 Å². The molecule has 0 radical (unpaired) electrons. The lowest BCUT2D eigenvalue weighted by Crippen LogP contribution is -2.26. The molecule has 1 aromatic carbocycles. The zero-order valence-electron chi connectivity index (χ0n) is 12.0. The molecule has 2 aromatic rings. The van der Waals surface area contributed by atoms with Gasteiger partial charge in [-0.15, -0.1) is 12.4 Å². The molecule has 0 aliphatic heterocycles. The van der Waals surface area contributed by atoms with Crippen molar-refractivity contribution < 1.29 is 18.0 Å². The number of nitrogens with zero attached hydrogens (tertiary/aromatic N) is 2. The van der Waals surface area contributed by atoms with E-state index in [1.807, 2.05) is 0 Å². The summed E-state index contributed by atoms with van der Waals surface area (Å²) in [6.07, 6.45) is -2.82. The molecule has 0 aliphatic rings. The van der Waals surface area contributed by atoms with E-state index >= 15 is 0 Å². The summed E-state index contributed by atoms with van der Waals surface area (Å²) >= 11 is 0. The quantitative estimate of drug-likeness (QED) is 0.815. The molecule has 1 aromatic heterocycles. The molecule has 126 valence electrons. The largest absolute Gasteiger partial charge is 0.433 e. The van der Waals surface area contributed by atoms with E-state index < -0.39 is 11.9 Å². The van der Waals surface area contributed by atoms with Crippen LogP contribution in [0.2, 0.25) is 0 Å². The van der Waals surface area contributed by atoms with Crippen molar-refractivity contribution in [1.29, 1.82) is 0 Å². The van der Waals surface area contributed by atoms with E-state index in [1.54, 1.807) is 0 Å². The number of alkyl halides is 3. The molecule has 0 atom stereocenters. The molecule has 0 fully saturated rings. The number of nitrogens with two attached hydrogens (primary N) is 1. The molecule has 23 heavy (non-hydrogen) atoms. The maximum absolute atomic E-state index is 12.9. The van der Waals surface area contributed by atoms with Crippen LogP contribution in [-0.4, -0.2) is 28.8 Å². The number of hydrogen-bond acceptors (Lipinski definition) is 3. The van der Waals surface area contributed by atoms with Crippen LogP contribution in [0.25, 0.3) is 5.69 Å². The van der Waals surface area contributed by atoms with Crippen LogP contribution in [0, 0.1) is 0 Å². The van der Waals surface area contributed by atoms with Crippen molar-refractivity contribution in [2.24, 2.45) is 5.73 Å². The molecular weight excluding hydrogens is 333 g/mol. The Morgan fingerprint density at radius 3 is 2.70 bits per heavy atom. The minimum atomic E-state index is -4.52. The minimum Gasteiger partial charge on any atom is -0.352 e. The van der Waals surface area contributed by atoms with Crippen molar-refractivity contribution in [3.63, 3.8) is 0 Å². The highest BCUT2D eigenvalue weighted by Crippen LogP contribution is 2.30. The second kappa shape index (κ2) is 7.98. The lowest BCUT2D eigenvalue weighted by atomic mass is 10.2. The van der Waals surface area contributed by atoms with Crippen LogP contribution in [0.1, 0.15) is 22.5 Å². The summed E-state index contributed by atoms with van der Waals surface area (Å²) < 4.78 is 39.4. The van der Waals surface area contributed by atoms with Crippen LogP contribution in [0.5, 0.6) is 0 Å². The summed E-state index contributed by atoms with van der Waals surface area (Å²) in [5.41, 5.74) is 4.87. The maximum Gasteiger partial charge on any atom is 0.433 e. The number of rotatable bonds is 5. The van der Waals surface area contributed by atoms with Crippen molar-refractivity contribution in [3.05, 3.63) is 47.8 Å². The smallest absolute Gasteiger partial charge is 0.352 e. The van der Waals surface area contributed by atoms with Crippen LogP contribution >= 0.6 is 12.4 Å². The Kier molecular flexibility index (Phi) is 6.59. The third-order valence-electron chi connectivity index (χ3n) is 2.95. The molecule has 9 heteroatoms. The first kappa shape index (κ1) is 19.0. The van der Waals surface area contributed by atoms with Gasteiger partial charge < -0.3 is 11.1 Å². The molecule has 0 spiro atoms. The molecule has 0 aliphatic carbocycles. The Balaban J connectivity index is 0.00000264. The third-order valence-corrected chi connectivity index (χ3v) is 2.95. The highest BCUT2D eigenvalue weighted by Gasteiger charge is 2.35. The van der Waals surface area contributed by atoms with Crippen molar-refractivity contribution in [2.45, 2.75) is 12.6 Å². The van der Waals surface area contributed by atoms with Crippen LogP contribution in [-0.2, 0) is 6.18 Å². The summed E-state index contributed by atoms with van der Waals surface area (Å²) in [6, 6.07) is 6.74. The van der Waals surface area contributed by atoms with Crippen molar-refractivity contribution in [1.82, 2.24) is 15.1 Å². The van der Waals surface area contributed by atoms with Gasteiger partial charge in [0.2, 0.25) is 0 Å². The number of hydrogen-bond donors (Lipinski definition) is 2. The van der Waals surface area contributed by atoms with Gasteiger partial charge in [-0.3, -0.25) is 4.79 Å². The Labute approximate surface area is 137 Å². The van der Waals surface area contributed by atoms with Crippen LogP contribution in [0.3, 0.4) is 0 Å². The molecule has 5 nitrogen and oxygen atoms in total. The Morgan fingerprint density at radius 1 is 1.30 bits per heavy atom. The molecule has 3 N–H and O–H groups in total. The lowest BCUT2D eigenvalue weighted by Gasteiger charge is -2.11. The van der Waals surface area contributed by atoms with Crippen molar-refractivity contribution >= 4 is 18.3 Å². The average Bonchev–Trinajstić information content (AvgIpc) is 2.97. The number of aromatic nitrogens is 2. The first-order valence-corrected chi connectivity index (χ1v) is 6.63. The second-order valence-corrected chi connectivity index (χ2v) is 4.57. The molecular formula is C14H16ClF3N4O. The summed E-state index contributed by atoms with van der Waals surface area (Å²) in [6.45, 7) is 0.859. The highest BCUT2D eigenvalue weighted by molar-refractivity contribution is 5.94. The second-order valence-electron chi connectivity index (χ2n) is 4.57. The number of nitrogens with one attached hydrogen (secondary N) is 1. The molecule has 2 rings (SSSR count). The van der Waals surface area contributed by atoms with E-state index in [0.717, 1.165) is 16.9 Å². The van der Waals surface area contributed by atoms with Gasteiger partial charge in [0.1, 0.15) is 5.69 Å². The predicted octanol–water partition coefficient (Wildman–Crippen LogP) is 2.39. The topological polar surface area (TPSA) is 72.9 Å². The number of carbonyl (C=O) groups excluding carboxylic acids is 1. The van der Waals surface area contributed by atoms with Crippen LogP contribution in [0.4, 0.5) is 13.2 Å². The molecule has 0 saturated heterocycles. The first-order valence-electron chi connectivity index (χ1n) is 6.63. The summed E-state index contributed by atoms with van der Waals surface area (Å²) in [5.74, 6) is -0.365. The molecule has 0 unspecified atom stereocenters. The molecule has 1 amide bonds. The Morgan fingerprint density at radius 2 is 2.04 bits per heavy atom. The van der Waals surface area contributed by atoms with Gasteiger partial charge in [-0.1, -0.05) is 6.07 Å². The fourth-order valence-corrected chi connectivity index (χ4v) is 1.91. The van der Waals surface area contributed by atoms with Gasteiger partial charge in [0, 0.05) is 12.1 Å². The number of amides is 1. The van der Waals surface area contributed by atoms with Gasteiger partial charge in [0.05, 0.1) is 11.9 Å². The monoisotopic (exact) mass is 348 g/mol. The van der Waals surface area contributed by atoms with E-state index in [4.69, 9.17) is 5.73 Å². The maximum atomic E-state index is 12.9. The number of carbonyl (C=O) groups is 1. The standard InChI is InChI=1S/C14H15F3N4O.ClH/c15-14(16,17)12-5-8-20-21(12)11-4-1-3-10(9-11)13(22)19-7-2-6-18;/h1,3-5,8-9H,2,6-7,18H2,(H,19,22);1H. The van der Waals surface area contributed by atoms with Crippen molar-refractivity contribution in [3.8, 4) is 5.69 Å². The minimum absolute atomic E-state index is 0. The summed E-state index contributed by atoms with van der Waals surface area (Å²) in [5, 5.41) is 6.32. The third kappa shape index (κ3) is 4.70. The highest BCUT2D eigenvalue weighted by atomic mass is 35.5. The van der Waals surface area contributed by atoms with Gasteiger partial charge in [-0.25, -0.2) is 4.68 Å². The fourth-order valence-electron chi connectivity index (χ4n) is 1.91. The van der Waals surface area contributed by atoms with E-state index in [2.05, 4.69) is 10.4 Å². The van der Waals surface area contributed by atoms with E-state index in [-0.39, 0.29) is 29.6 Å². The van der Waals surface area contributed by atoms with Gasteiger partial charge in [-0.05, 0) is 37.2 Å². The SMILES string of the molecule is Cl.NCCCNC(=O)c1cccc(-n2nccc2C(F)(F)F)c1. The van der Waals surface area contributed by atoms with Crippen LogP contribution < -0.4 is 11.1 Å². The van der Waals surface area contributed by atoms with Gasteiger partial charge in [0.25, 0.3) is 5.91 Å². The fraction of sp³-hybridized carbons (Fsp3) is 0.286. The van der Waals surface area contributed by atoms with Crippen molar-refractivity contribution in [2.75, 3.05) is 13.1 Å². The summed E-state index contributed by atoms with van der Waals surface area (Å²) in [4.78, 5) is 11.9. The average molecular weight is 349 g/mol. The van der Waals surface area contributed by atoms with E-state index in [9.17, 15) is 18.0 Å². The Bertz CT molecular complexity index is 657. The van der Waals surface area contributed by atoms with E-state index in [0.29, 0.717) is 19.5 Å². The summed E-state index contributed by atoms with van der Waals surface area (Å²) in [7, 11) is 0. The number of halogens is 4. The van der Waals surface area contributed by atoms with Gasteiger partial charge >= 0.3 is 6.18 Å². The van der Waals surface area contributed by atoms with Gasteiger partial charge in [-0.2, -0.15) is 18.3 Å².